The maximum absolute atomic E-state index is 12.3. The number of carbonyl (C=O) groups excluding carboxylic acids is 1. The van der Waals surface area contributed by atoms with Gasteiger partial charge in [-0.2, -0.15) is 0 Å². The first kappa shape index (κ1) is 14.4. The van der Waals surface area contributed by atoms with Crippen molar-refractivity contribution in [3.8, 4) is 0 Å². The largest absolute Gasteiger partial charge is 0.376 e. The maximum Gasteiger partial charge on any atom is 0.243 e. The molecule has 0 radical (unpaired) electrons. The van der Waals surface area contributed by atoms with Crippen LogP contribution in [0, 0.1) is 0 Å². The van der Waals surface area contributed by atoms with Gasteiger partial charge < -0.3 is 10.1 Å². The topological polar surface area (TPSA) is 54.5 Å². The SMILES string of the molecule is CC[C@H]1CN([C@@H](CC)C(=O)Nc2nccs2)CCO1. The molecule has 0 saturated carbocycles. The van der Waals surface area contributed by atoms with Crippen molar-refractivity contribution >= 4 is 22.4 Å². The predicted molar refractivity (Wildman–Crippen MR) is 76.4 cm³/mol. The lowest BCUT2D eigenvalue weighted by molar-refractivity contribution is -0.125. The second-order valence-electron chi connectivity index (χ2n) is 4.65. The lowest BCUT2D eigenvalue weighted by atomic mass is 10.1. The first-order valence-corrected chi connectivity index (χ1v) is 7.68. The molecule has 1 fully saturated rings. The second-order valence-corrected chi connectivity index (χ2v) is 5.54. The van der Waals surface area contributed by atoms with Crippen LogP contribution in [0.2, 0.25) is 0 Å². The number of nitrogens with zero attached hydrogens (tertiary/aromatic N) is 2. The number of morpholine rings is 1. The van der Waals surface area contributed by atoms with Gasteiger partial charge in [-0.05, 0) is 12.8 Å². The first-order chi connectivity index (χ1) is 9.24. The minimum Gasteiger partial charge on any atom is -0.376 e. The maximum atomic E-state index is 12.3. The minimum atomic E-state index is -0.0955. The molecule has 1 amide bonds. The molecule has 106 valence electrons. The zero-order chi connectivity index (χ0) is 13.7. The molecule has 0 aliphatic carbocycles. The molecule has 0 spiro atoms. The number of ether oxygens (including phenoxy) is 1. The average molecular weight is 283 g/mol. The van der Waals surface area contributed by atoms with Crippen molar-refractivity contribution in [2.75, 3.05) is 25.0 Å². The van der Waals surface area contributed by atoms with E-state index >= 15 is 0 Å². The van der Waals surface area contributed by atoms with Crippen molar-refractivity contribution in [3.63, 3.8) is 0 Å². The van der Waals surface area contributed by atoms with Crippen LogP contribution in [-0.4, -0.2) is 47.6 Å². The normalized spacial score (nSPS) is 22.1. The summed E-state index contributed by atoms with van der Waals surface area (Å²) in [6.45, 7) is 6.52. The van der Waals surface area contributed by atoms with Gasteiger partial charge in [0.15, 0.2) is 5.13 Å². The van der Waals surface area contributed by atoms with Gasteiger partial charge in [0, 0.05) is 24.7 Å². The Morgan fingerprint density at radius 3 is 3.16 bits per heavy atom. The van der Waals surface area contributed by atoms with E-state index in [1.807, 2.05) is 12.3 Å². The van der Waals surface area contributed by atoms with Gasteiger partial charge in [0.05, 0.1) is 18.8 Å². The Morgan fingerprint density at radius 2 is 2.53 bits per heavy atom. The molecule has 1 N–H and O–H groups in total. The Hall–Kier alpha value is -0.980. The summed E-state index contributed by atoms with van der Waals surface area (Å²) in [7, 11) is 0. The van der Waals surface area contributed by atoms with Crippen LogP contribution in [0.15, 0.2) is 11.6 Å². The van der Waals surface area contributed by atoms with Crippen molar-refractivity contribution in [1.82, 2.24) is 9.88 Å². The van der Waals surface area contributed by atoms with Gasteiger partial charge in [0.2, 0.25) is 5.91 Å². The van der Waals surface area contributed by atoms with E-state index in [-0.39, 0.29) is 18.1 Å². The van der Waals surface area contributed by atoms with Crippen molar-refractivity contribution in [2.24, 2.45) is 0 Å². The van der Waals surface area contributed by atoms with Crippen molar-refractivity contribution in [2.45, 2.75) is 38.8 Å². The van der Waals surface area contributed by atoms with Gasteiger partial charge in [-0.25, -0.2) is 4.98 Å². The summed E-state index contributed by atoms with van der Waals surface area (Å²) in [5.74, 6) is 0.0363. The summed E-state index contributed by atoms with van der Waals surface area (Å²) >= 11 is 1.44. The third-order valence-electron chi connectivity index (χ3n) is 3.42. The molecule has 5 nitrogen and oxygen atoms in total. The molecule has 1 saturated heterocycles. The zero-order valence-electron chi connectivity index (χ0n) is 11.5. The summed E-state index contributed by atoms with van der Waals surface area (Å²) in [6, 6.07) is -0.0955. The van der Waals surface area contributed by atoms with Gasteiger partial charge in [-0.1, -0.05) is 13.8 Å². The van der Waals surface area contributed by atoms with Gasteiger partial charge in [0.1, 0.15) is 0 Å². The summed E-state index contributed by atoms with van der Waals surface area (Å²) < 4.78 is 5.65. The standard InChI is InChI=1S/C13H21N3O2S/c1-3-10-9-16(6-7-18-10)11(4-2)12(17)15-13-14-5-8-19-13/h5,8,10-11H,3-4,6-7,9H2,1-2H3,(H,14,15,17)/t10-,11-/m0/s1. The van der Waals surface area contributed by atoms with Crippen molar-refractivity contribution in [3.05, 3.63) is 11.6 Å². The lowest BCUT2D eigenvalue weighted by Gasteiger charge is -2.36. The monoisotopic (exact) mass is 283 g/mol. The zero-order valence-corrected chi connectivity index (χ0v) is 12.3. The Labute approximate surface area is 118 Å². The number of aromatic nitrogens is 1. The van der Waals surface area contributed by atoms with E-state index in [9.17, 15) is 4.79 Å². The molecule has 1 aromatic rings. The van der Waals surface area contributed by atoms with Gasteiger partial charge in [-0.3, -0.25) is 9.69 Å². The molecular formula is C13H21N3O2S. The van der Waals surface area contributed by atoms with Crippen LogP contribution in [0.3, 0.4) is 0 Å². The summed E-state index contributed by atoms with van der Waals surface area (Å²) in [4.78, 5) is 18.6. The number of nitrogens with one attached hydrogen (secondary N) is 1. The third kappa shape index (κ3) is 3.75. The Morgan fingerprint density at radius 1 is 1.68 bits per heavy atom. The fourth-order valence-corrected chi connectivity index (χ4v) is 2.89. The molecule has 0 bridgehead atoms. The molecule has 2 heterocycles. The van der Waals surface area contributed by atoms with E-state index in [2.05, 4.69) is 22.1 Å². The fourth-order valence-electron chi connectivity index (χ4n) is 2.36. The molecule has 1 aliphatic rings. The molecule has 0 unspecified atom stereocenters. The summed E-state index contributed by atoms with van der Waals surface area (Å²) in [5, 5.41) is 5.42. The predicted octanol–water partition coefficient (Wildman–Crippen LogP) is 1.97. The second kappa shape index (κ2) is 6.98. The number of rotatable bonds is 5. The molecule has 6 heteroatoms. The third-order valence-corrected chi connectivity index (χ3v) is 4.11. The quantitative estimate of drug-likeness (QED) is 0.897. The van der Waals surface area contributed by atoms with E-state index in [0.717, 1.165) is 25.9 Å². The van der Waals surface area contributed by atoms with Crippen LogP contribution in [0.1, 0.15) is 26.7 Å². The number of carbonyl (C=O) groups is 1. The van der Waals surface area contributed by atoms with Crippen LogP contribution in [0.5, 0.6) is 0 Å². The van der Waals surface area contributed by atoms with Gasteiger partial charge in [-0.15, -0.1) is 11.3 Å². The van der Waals surface area contributed by atoms with Crippen LogP contribution >= 0.6 is 11.3 Å². The number of hydrogen-bond donors (Lipinski definition) is 1. The van der Waals surface area contributed by atoms with Crippen LogP contribution < -0.4 is 5.32 Å². The van der Waals surface area contributed by atoms with Crippen molar-refractivity contribution < 1.29 is 9.53 Å². The van der Waals surface area contributed by atoms with E-state index in [1.165, 1.54) is 11.3 Å². The summed E-state index contributed by atoms with van der Waals surface area (Å²) in [5.41, 5.74) is 0. The van der Waals surface area contributed by atoms with Crippen molar-refractivity contribution in [1.29, 1.82) is 0 Å². The smallest absolute Gasteiger partial charge is 0.243 e. The van der Waals surface area contributed by atoms with Gasteiger partial charge >= 0.3 is 0 Å². The van der Waals surface area contributed by atoms with Crippen LogP contribution in [-0.2, 0) is 9.53 Å². The fraction of sp³-hybridized carbons (Fsp3) is 0.692. The number of amides is 1. The Kier molecular flexibility index (Phi) is 5.30. The molecule has 1 aliphatic heterocycles. The molecule has 19 heavy (non-hydrogen) atoms. The van der Waals surface area contributed by atoms with Gasteiger partial charge in [0.25, 0.3) is 0 Å². The van der Waals surface area contributed by atoms with E-state index < -0.39 is 0 Å². The van der Waals surface area contributed by atoms with E-state index in [1.54, 1.807) is 6.20 Å². The molecular weight excluding hydrogens is 262 g/mol. The highest BCUT2D eigenvalue weighted by Gasteiger charge is 2.29. The molecule has 2 atom stereocenters. The minimum absolute atomic E-state index is 0.0363. The average Bonchev–Trinajstić information content (AvgIpc) is 2.92. The first-order valence-electron chi connectivity index (χ1n) is 6.80. The molecule has 2 rings (SSSR count). The summed E-state index contributed by atoms with van der Waals surface area (Å²) in [6.07, 6.45) is 3.73. The lowest BCUT2D eigenvalue weighted by Crippen LogP contribution is -2.51. The number of hydrogen-bond acceptors (Lipinski definition) is 5. The Balaban J connectivity index is 1.96. The van der Waals surface area contributed by atoms with E-state index in [0.29, 0.717) is 11.7 Å². The molecule has 0 aromatic carbocycles. The highest BCUT2D eigenvalue weighted by molar-refractivity contribution is 7.13. The Bertz CT molecular complexity index is 397. The van der Waals surface area contributed by atoms with E-state index in [4.69, 9.17) is 4.74 Å². The molecule has 1 aromatic heterocycles. The van der Waals surface area contributed by atoms with Crippen LogP contribution in [0.25, 0.3) is 0 Å². The number of thiazole rings is 1. The highest BCUT2D eigenvalue weighted by atomic mass is 32.1. The number of anilines is 1. The highest BCUT2D eigenvalue weighted by Crippen LogP contribution is 2.16. The van der Waals surface area contributed by atoms with Crippen LogP contribution in [0.4, 0.5) is 5.13 Å².